The van der Waals surface area contributed by atoms with Crippen molar-refractivity contribution in [3.05, 3.63) is 36.2 Å². The molecule has 7 nitrogen and oxygen atoms in total. The minimum Gasteiger partial charge on any atom is -0.391 e. The first kappa shape index (κ1) is 11.8. The van der Waals surface area contributed by atoms with Crippen molar-refractivity contribution in [2.75, 3.05) is 13.1 Å². The number of tetrazole rings is 1. The van der Waals surface area contributed by atoms with Gasteiger partial charge in [-0.25, -0.2) is 4.68 Å². The smallest absolute Gasteiger partial charge is 0.253 e. The van der Waals surface area contributed by atoms with Crippen molar-refractivity contribution in [1.82, 2.24) is 25.1 Å². The second-order valence-corrected chi connectivity index (χ2v) is 4.49. The fourth-order valence-electron chi connectivity index (χ4n) is 2.15. The number of carbonyl (C=O) groups is 1. The van der Waals surface area contributed by atoms with Crippen LogP contribution >= 0.6 is 0 Å². The van der Waals surface area contributed by atoms with E-state index in [9.17, 15) is 9.90 Å². The average molecular weight is 259 g/mol. The van der Waals surface area contributed by atoms with Gasteiger partial charge in [-0.2, -0.15) is 0 Å². The largest absolute Gasteiger partial charge is 0.391 e. The lowest BCUT2D eigenvalue weighted by atomic mass is 10.2. The molecule has 0 spiro atoms. The highest BCUT2D eigenvalue weighted by Crippen LogP contribution is 2.15. The number of likely N-dealkylation sites (tertiary alicyclic amines) is 1. The van der Waals surface area contributed by atoms with Gasteiger partial charge in [0.2, 0.25) is 0 Å². The molecule has 1 aliphatic heterocycles. The zero-order valence-electron chi connectivity index (χ0n) is 10.2. The molecule has 1 aromatic heterocycles. The predicted octanol–water partition coefficient (Wildman–Crippen LogP) is -0.131. The van der Waals surface area contributed by atoms with Gasteiger partial charge in [0.15, 0.2) is 0 Å². The summed E-state index contributed by atoms with van der Waals surface area (Å²) in [6.45, 7) is 1.02. The molecular weight excluding hydrogens is 246 g/mol. The highest BCUT2D eigenvalue weighted by molar-refractivity contribution is 5.94. The van der Waals surface area contributed by atoms with Crippen LogP contribution in [-0.4, -0.2) is 55.3 Å². The molecule has 1 aromatic carbocycles. The molecule has 0 unspecified atom stereocenters. The van der Waals surface area contributed by atoms with Gasteiger partial charge in [0.05, 0.1) is 11.8 Å². The van der Waals surface area contributed by atoms with E-state index in [1.54, 1.807) is 29.2 Å². The first-order valence-electron chi connectivity index (χ1n) is 6.05. The van der Waals surface area contributed by atoms with Crippen molar-refractivity contribution in [2.24, 2.45) is 0 Å². The standard InChI is InChI=1S/C12H13N5O2/c18-11-5-6-16(7-11)12(19)9-1-3-10(4-2-9)17-8-13-14-15-17/h1-4,8,11,18H,5-7H2/t11-/m1/s1. The average Bonchev–Trinajstić information content (AvgIpc) is 3.09. The minimum absolute atomic E-state index is 0.0557. The van der Waals surface area contributed by atoms with Crippen LogP contribution in [0.25, 0.3) is 5.69 Å². The van der Waals surface area contributed by atoms with E-state index in [0.29, 0.717) is 25.1 Å². The van der Waals surface area contributed by atoms with Crippen LogP contribution in [0.3, 0.4) is 0 Å². The molecule has 0 bridgehead atoms. The van der Waals surface area contributed by atoms with Crippen molar-refractivity contribution in [3.63, 3.8) is 0 Å². The molecule has 0 aliphatic carbocycles. The molecule has 0 saturated carbocycles. The number of aliphatic hydroxyl groups is 1. The summed E-state index contributed by atoms with van der Waals surface area (Å²) >= 11 is 0. The third-order valence-corrected chi connectivity index (χ3v) is 3.18. The Morgan fingerprint density at radius 2 is 2.11 bits per heavy atom. The number of hydrogen-bond donors (Lipinski definition) is 1. The van der Waals surface area contributed by atoms with Gasteiger partial charge in [0.1, 0.15) is 6.33 Å². The minimum atomic E-state index is -0.399. The van der Waals surface area contributed by atoms with E-state index in [1.807, 2.05) is 0 Å². The Morgan fingerprint density at radius 3 is 2.68 bits per heavy atom. The second-order valence-electron chi connectivity index (χ2n) is 4.49. The quantitative estimate of drug-likeness (QED) is 0.812. The molecule has 1 amide bonds. The summed E-state index contributed by atoms with van der Waals surface area (Å²) in [7, 11) is 0. The van der Waals surface area contributed by atoms with Crippen LogP contribution in [0.5, 0.6) is 0 Å². The number of amides is 1. The Morgan fingerprint density at radius 1 is 1.32 bits per heavy atom. The molecule has 1 atom stereocenters. The molecule has 1 aliphatic rings. The topological polar surface area (TPSA) is 84.1 Å². The summed E-state index contributed by atoms with van der Waals surface area (Å²) in [6, 6.07) is 7.06. The van der Waals surface area contributed by atoms with Gasteiger partial charge in [-0.3, -0.25) is 4.79 Å². The Bertz CT molecular complexity index is 566. The van der Waals surface area contributed by atoms with Crippen molar-refractivity contribution in [1.29, 1.82) is 0 Å². The zero-order chi connectivity index (χ0) is 13.2. The number of hydrogen-bond acceptors (Lipinski definition) is 5. The Kier molecular flexibility index (Phi) is 2.96. The van der Waals surface area contributed by atoms with Crippen molar-refractivity contribution in [2.45, 2.75) is 12.5 Å². The molecular formula is C12H13N5O2. The van der Waals surface area contributed by atoms with E-state index >= 15 is 0 Å². The van der Waals surface area contributed by atoms with Gasteiger partial charge < -0.3 is 10.0 Å². The third kappa shape index (κ3) is 2.32. The van der Waals surface area contributed by atoms with E-state index in [-0.39, 0.29) is 5.91 Å². The van der Waals surface area contributed by atoms with Gasteiger partial charge in [-0.15, -0.1) is 5.10 Å². The molecule has 1 fully saturated rings. The normalized spacial score (nSPS) is 18.8. The molecule has 2 aromatic rings. The SMILES string of the molecule is O=C(c1ccc(-n2cnnn2)cc1)N1CC[C@@H](O)C1. The number of β-amino-alcohol motifs (C(OH)–C–C–N with tert-alkyl or cyclic N) is 1. The highest BCUT2D eigenvalue weighted by atomic mass is 16.3. The van der Waals surface area contributed by atoms with Crippen LogP contribution in [0, 0.1) is 0 Å². The number of benzene rings is 1. The lowest BCUT2D eigenvalue weighted by molar-refractivity contribution is 0.0765. The first-order chi connectivity index (χ1) is 9.24. The van der Waals surface area contributed by atoms with Crippen LogP contribution in [0.1, 0.15) is 16.8 Å². The van der Waals surface area contributed by atoms with E-state index in [1.165, 1.54) is 11.0 Å². The van der Waals surface area contributed by atoms with E-state index < -0.39 is 6.10 Å². The third-order valence-electron chi connectivity index (χ3n) is 3.18. The van der Waals surface area contributed by atoms with Gasteiger partial charge in [-0.1, -0.05) is 0 Å². The Hall–Kier alpha value is -2.28. The predicted molar refractivity (Wildman–Crippen MR) is 65.7 cm³/mol. The van der Waals surface area contributed by atoms with Crippen molar-refractivity contribution < 1.29 is 9.90 Å². The number of carbonyl (C=O) groups excluding carboxylic acids is 1. The maximum atomic E-state index is 12.2. The Balaban J connectivity index is 1.77. The number of nitrogens with zero attached hydrogens (tertiary/aromatic N) is 5. The van der Waals surface area contributed by atoms with Gasteiger partial charge >= 0.3 is 0 Å². The molecule has 1 N–H and O–H groups in total. The van der Waals surface area contributed by atoms with E-state index in [4.69, 9.17) is 0 Å². The molecule has 3 rings (SSSR count). The fraction of sp³-hybridized carbons (Fsp3) is 0.333. The molecule has 19 heavy (non-hydrogen) atoms. The van der Waals surface area contributed by atoms with Crippen LogP contribution < -0.4 is 0 Å². The summed E-state index contributed by atoms with van der Waals surface area (Å²) < 4.78 is 1.52. The molecule has 98 valence electrons. The first-order valence-corrected chi connectivity index (χ1v) is 6.05. The summed E-state index contributed by atoms with van der Waals surface area (Å²) in [5.74, 6) is -0.0557. The molecule has 1 saturated heterocycles. The van der Waals surface area contributed by atoms with Gasteiger partial charge in [0, 0.05) is 18.7 Å². The Labute approximate surface area is 109 Å². The van der Waals surface area contributed by atoms with Crippen molar-refractivity contribution in [3.8, 4) is 5.69 Å². The summed E-state index contributed by atoms with van der Waals surface area (Å²) in [5.41, 5.74) is 1.40. The van der Waals surface area contributed by atoms with Crippen molar-refractivity contribution >= 4 is 5.91 Å². The van der Waals surface area contributed by atoms with E-state index in [2.05, 4.69) is 15.5 Å². The second kappa shape index (κ2) is 4.77. The maximum absolute atomic E-state index is 12.2. The van der Waals surface area contributed by atoms with Crippen LogP contribution in [0.15, 0.2) is 30.6 Å². The molecule has 0 radical (unpaired) electrons. The number of aromatic nitrogens is 4. The molecule has 2 heterocycles. The molecule has 7 heteroatoms. The van der Waals surface area contributed by atoms with Crippen LogP contribution in [0.4, 0.5) is 0 Å². The van der Waals surface area contributed by atoms with Crippen LogP contribution in [-0.2, 0) is 0 Å². The maximum Gasteiger partial charge on any atom is 0.253 e. The number of rotatable bonds is 2. The summed E-state index contributed by atoms with van der Waals surface area (Å²) in [6.07, 6.45) is 1.74. The fourth-order valence-corrected chi connectivity index (χ4v) is 2.15. The van der Waals surface area contributed by atoms with Crippen LogP contribution in [0.2, 0.25) is 0 Å². The summed E-state index contributed by atoms with van der Waals surface area (Å²) in [4.78, 5) is 13.8. The monoisotopic (exact) mass is 259 g/mol. The summed E-state index contributed by atoms with van der Waals surface area (Å²) in [5, 5.41) is 20.3. The van der Waals surface area contributed by atoms with E-state index in [0.717, 1.165) is 5.69 Å². The lowest BCUT2D eigenvalue weighted by Crippen LogP contribution is -2.29. The lowest BCUT2D eigenvalue weighted by Gasteiger charge is -2.15. The van der Waals surface area contributed by atoms with Gasteiger partial charge in [0.25, 0.3) is 5.91 Å². The number of aliphatic hydroxyl groups excluding tert-OH is 1. The van der Waals surface area contributed by atoms with Gasteiger partial charge in [-0.05, 0) is 41.1 Å². The zero-order valence-corrected chi connectivity index (χ0v) is 10.2. The highest BCUT2D eigenvalue weighted by Gasteiger charge is 2.25.